The van der Waals surface area contributed by atoms with Gasteiger partial charge < -0.3 is 10.1 Å². The maximum Gasteiger partial charge on any atom is 0.303 e. The average molecular weight is 273 g/mol. The van der Waals surface area contributed by atoms with Crippen molar-refractivity contribution in [1.29, 1.82) is 0 Å². The molecule has 1 aliphatic rings. The Kier molecular flexibility index (Phi) is 3.67. The SMILES string of the molecule is O=C(O)CC1CCCN(S(=O)(=O)c2cnc[nH]2)C1. The highest BCUT2D eigenvalue weighted by molar-refractivity contribution is 7.89. The van der Waals surface area contributed by atoms with E-state index in [1.807, 2.05) is 0 Å². The minimum absolute atomic E-state index is 0.00892. The summed E-state index contributed by atoms with van der Waals surface area (Å²) in [5.41, 5.74) is 0. The monoisotopic (exact) mass is 273 g/mol. The Morgan fingerprint density at radius 1 is 1.61 bits per heavy atom. The molecule has 0 bridgehead atoms. The number of hydrogen-bond donors (Lipinski definition) is 2. The van der Waals surface area contributed by atoms with Crippen molar-refractivity contribution in [2.24, 2.45) is 5.92 Å². The first kappa shape index (κ1) is 13.0. The molecule has 0 saturated carbocycles. The maximum absolute atomic E-state index is 12.2. The molecule has 2 N–H and O–H groups in total. The molecule has 0 radical (unpaired) electrons. The van der Waals surface area contributed by atoms with Gasteiger partial charge in [0.2, 0.25) is 0 Å². The second kappa shape index (κ2) is 5.07. The van der Waals surface area contributed by atoms with Crippen molar-refractivity contribution in [2.45, 2.75) is 24.3 Å². The van der Waals surface area contributed by atoms with Gasteiger partial charge in [0, 0.05) is 19.5 Å². The van der Waals surface area contributed by atoms with Crippen LogP contribution in [0.2, 0.25) is 0 Å². The van der Waals surface area contributed by atoms with Crippen LogP contribution in [-0.2, 0) is 14.8 Å². The number of aromatic amines is 1. The van der Waals surface area contributed by atoms with Gasteiger partial charge in [0.05, 0.1) is 12.5 Å². The molecule has 1 atom stereocenters. The molecule has 1 aromatic rings. The first-order valence-electron chi connectivity index (χ1n) is 5.70. The van der Waals surface area contributed by atoms with Gasteiger partial charge in [-0.25, -0.2) is 13.4 Å². The summed E-state index contributed by atoms with van der Waals surface area (Å²) in [6.07, 6.45) is 4.02. The lowest BCUT2D eigenvalue weighted by atomic mass is 9.96. The van der Waals surface area contributed by atoms with Crippen LogP contribution in [0.4, 0.5) is 0 Å². The summed E-state index contributed by atoms with van der Waals surface area (Å²) in [5.74, 6) is -1.00. The highest BCUT2D eigenvalue weighted by Crippen LogP contribution is 2.24. The van der Waals surface area contributed by atoms with Crippen molar-refractivity contribution in [3.63, 3.8) is 0 Å². The zero-order valence-corrected chi connectivity index (χ0v) is 10.6. The molecule has 1 unspecified atom stereocenters. The van der Waals surface area contributed by atoms with Gasteiger partial charge in [0.15, 0.2) is 5.03 Å². The van der Waals surface area contributed by atoms with Gasteiger partial charge in [-0.3, -0.25) is 4.79 Å². The number of nitrogens with one attached hydrogen (secondary N) is 1. The molecule has 1 aliphatic heterocycles. The molecule has 8 heteroatoms. The van der Waals surface area contributed by atoms with Crippen LogP contribution < -0.4 is 0 Å². The van der Waals surface area contributed by atoms with E-state index in [-0.39, 0.29) is 23.9 Å². The topological polar surface area (TPSA) is 103 Å². The number of hydrogen-bond acceptors (Lipinski definition) is 4. The van der Waals surface area contributed by atoms with Crippen LogP contribution in [0.3, 0.4) is 0 Å². The Morgan fingerprint density at radius 2 is 2.39 bits per heavy atom. The summed E-state index contributed by atoms with van der Waals surface area (Å²) in [4.78, 5) is 16.9. The minimum atomic E-state index is -3.57. The lowest BCUT2D eigenvalue weighted by Crippen LogP contribution is -2.40. The van der Waals surface area contributed by atoms with Crippen LogP contribution >= 0.6 is 0 Å². The number of aromatic nitrogens is 2. The fraction of sp³-hybridized carbons (Fsp3) is 0.600. The molecule has 2 rings (SSSR count). The number of rotatable bonds is 4. The summed E-state index contributed by atoms with van der Waals surface area (Å²) >= 11 is 0. The second-order valence-electron chi connectivity index (χ2n) is 4.39. The Balaban J connectivity index is 2.11. The second-order valence-corrected chi connectivity index (χ2v) is 6.29. The van der Waals surface area contributed by atoms with Crippen LogP contribution in [0.1, 0.15) is 19.3 Å². The standard InChI is InChI=1S/C10H15N3O4S/c14-10(15)4-8-2-1-3-13(6-8)18(16,17)9-5-11-7-12-9/h5,7-8H,1-4,6H2,(H,11,12)(H,14,15). The third kappa shape index (κ3) is 2.70. The van der Waals surface area contributed by atoms with Crippen LogP contribution in [0.15, 0.2) is 17.6 Å². The number of piperidine rings is 1. The van der Waals surface area contributed by atoms with Crippen molar-refractivity contribution < 1.29 is 18.3 Å². The van der Waals surface area contributed by atoms with E-state index in [1.165, 1.54) is 16.8 Å². The fourth-order valence-corrected chi connectivity index (χ4v) is 3.63. The number of H-pyrrole nitrogens is 1. The van der Waals surface area contributed by atoms with E-state index in [9.17, 15) is 13.2 Å². The number of carbonyl (C=O) groups is 1. The number of imidazole rings is 1. The van der Waals surface area contributed by atoms with Gasteiger partial charge in [-0.2, -0.15) is 4.31 Å². The molecule has 2 heterocycles. The molecular weight excluding hydrogens is 258 g/mol. The zero-order valence-electron chi connectivity index (χ0n) is 9.74. The van der Waals surface area contributed by atoms with Crippen molar-refractivity contribution >= 4 is 16.0 Å². The van der Waals surface area contributed by atoms with Crippen LogP contribution in [0.5, 0.6) is 0 Å². The Morgan fingerprint density at radius 3 is 3.00 bits per heavy atom. The van der Waals surface area contributed by atoms with E-state index in [0.29, 0.717) is 13.0 Å². The Labute approximate surface area is 105 Å². The number of carboxylic acids is 1. The zero-order chi connectivity index (χ0) is 13.2. The summed E-state index contributed by atoms with van der Waals surface area (Å²) in [6, 6.07) is 0. The van der Waals surface area contributed by atoms with E-state index < -0.39 is 16.0 Å². The molecular formula is C10H15N3O4S. The third-order valence-corrected chi connectivity index (χ3v) is 4.83. The van der Waals surface area contributed by atoms with Gasteiger partial charge >= 0.3 is 5.97 Å². The van der Waals surface area contributed by atoms with Gasteiger partial charge in [-0.05, 0) is 18.8 Å². The molecule has 1 fully saturated rings. The predicted octanol–water partition coefficient (Wildman–Crippen LogP) is 0.285. The first-order chi connectivity index (χ1) is 8.50. The molecule has 1 saturated heterocycles. The molecule has 0 spiro atoms. The van der Waals surface area contributed by atoms with Crippen LogP contribution in [-0.4, -0.2) is 46.9 Å². The van der Waals surface area contributed by atoms with Gasteiger partial charge in [0.25, 0.3) is 10.0 Å². The summed E-state index contributed by atoms with van der Waals surface area (Å²) in [6.45, 7) is 0.686. The van der Waals surface area contributed by atoms with Gasteiger partial charge in [-0.1, -0.05) is 0 Å². The van der Waals surface area contributed by atoms with E-state index in [0.717, 1.165) is 6.42 Å². The lowest BCUT2D eigenvalue weighted by Gasteiger charge is -2.30. The molecule has 7 nitrogen and oxygen atoms in total. The number of carboxylic acid groups (broad SMARTS) is 1. The van der Waals surface area contributed by atoms with Crippen molar-refractivity contribution in [3.8, 4) is 0 Å². The number of sulfonamides is 1. The van der Waals surface area contributed by atoms with E-state index in [4.69, 9.17) is 5.11 Å². The van der Waals surface area contributed by atoms with E-state index in [1.54, 1.807) is 0 Å². The molecule has 0 aliphatic carbocycles. The van der Waals surface area contributed by atoms with E-state index >= 15 is 0 Å². The Hall–Kier alpha value is -1.41. The maximum atomic E-state index is 12.2. The molecule has 0 aromatic carbocycles. The molecule has 1 aromatic heterocycles. The number of nitrogens with zero attached hydrogens (tertiary/aromatic N) is 2. The summed E-state index contributed by atoms with van der Waals surface area (Å²) < 4.78 is 25.7. The molecule has 100 valence electrons. The largest absolute Gasteiger partial charge is 0.481 e. The lowest BCUT2D eigenvalue weighted by molar-refractivity contribution is -0.138. The summed E-state index contributed by atoms with van der Waals surface area (Å²) in [7, 11) is -3.57. The van der Waals surface area contributed by atoms with Crippen molar-refractivity contribution in [1.82, 2.24) is 14.3 Å². The van der Waals surface area contributed by atoms with Crippen LogP contribution in [0.25, 0.3) is 0 Å². The fourth-order valence-electron chi connectivity index (χ4n) is 2.18. The minimum Gasteiger partial charge on any atom is -0.481 e. The van der Waals surface area contributed by atoms with Gasteiger partial charge in [0.1, 0.15) is 0 Å². The van der Waals surface area contributed by atoms with Crippen molar-refractivity contribution in [3.05, 3.63) is 12.5 Å². The van der Waals surface area contributed by atoms with E-state index in [2.05, 4.69) is 9.97 Å². The van der Waals surface area contributed by atoms with Crippen molar-refractivity contribution in [2.75, 3.05) is 13.1 Å². The third-order valence-electron chi connectivity index (χ3n) is 3.04. The predicted molar refractivity (Wildman–Crippen MR) is 62.3 cm³/mol. The normalized spacial score (nSPS) is 21.9. The summed E-state index contributed by atoms with van der Waals surface area (Å²) in [5, 5.41) is 8.81. The molecule has 18 heavy (non-hydrogen) atoms. The smallest absolute Gasteiger partial charge is 0.303 e. The highest BCUT2D eigenvalue weighted by Gasteiger charge is 2.31. The highest BCUT2D eigenvalue weighted by atomic mass is 32.2. The van der Waals surface area contributed by atoms with Crippen LogP contribution in [0, 0.1) is 5.92 Å². The van der Waals surface area contributed by atoms with Gasteiger partial charge in [-0.15, -0.1) is 0 Å². The molecule has 0 amide bonds. The Bertz CT molecular complexity index is 511. The number of aliphatic carboxylic acids is 1. The quantitative estimate of drug-likeness (QED) is 0.820. The average Bonchev–Trinajstić information content (AvgIpc) is 2.82. The first-order valence-corrected chi connectivity index (χ1v) is 7.14.